The molecule has 0 aliphatic rings. The highest BCUT2D eigenvalue weighted by Crippen LogP contribution is 2.43. The summed E-state index contributed by atoms with van der Waals surface area (Å²) in [4.78, 5) is 0. The highest BCUT2D eigenvalue weighted by molar-refractivity contribution is 5.56. The second-order valence-corrected chi connectivity index (χ2v) is 6.51. The summed E-state index contributed by atoms with van der Waals surface area (Å²) in [5.41, 5.74) is 6.72. The smallest absolute Gasteiger partial charge is 0.122 e. The zero-order chi connectivity index (χ0) is 17.3. The Hall–Kier alpha value is -2.22. The lowest BCUT2D eigenvalue weighted by molar-refractivity contribution is 0.453. The molecular formula is C21H26O2. The van der Waals surface area contributed by atoms with E-state index in [-0.39, 0.29) is 5.92 Å². The quantitative estimate of drug-likeness (QED) is 0.742. The third-order valence-electron chi connectivity index (χ3n) is 4.48. The molecular weight excluding hydrogens is 284 g/mol. The van der Waals surface area contributed by atoms with Crippen molar-refractivity contribution in [3.63, 3.8) is 0 Å². The third-order valence-corrected chi connectivity index (χ3v) is 4.48. The van der Waals surface area contributed by atoms with E-state index in [1.54, 1.807) is 0 Å². The van der Waals surface area contributed by atoms with E-state index in [1.807, 2.05) is 71.9 Å². The summed E-state index contributed by atoms with van der Waals surface area (Å²) in [6.45, 7) is 11.9. The van der Waals surface area contributed by atoms with Gasteiger partial charge in [0.15, 0.2) is 0 Å². The molecule has 0 aromatic heterocycles. The van der Waals surface area contributed by atoms with Crippen molar-refractivity contribution in [1.29, 1.82) is 0 Å². The van der Waals surface area contributed by atoms with Crippen LogP contribution in [-0.4, -0.2) is 10.2 Å². The van der Waals surface area contributed by atoms with Crippen LogP contribution in [0.25, 0.3) is 0 Å². The summed E-state index contributed by atoms with van der Waals surface area (Å²) in [5, 5.41) is 21.2. The van der Waals surface area contributed by atoms with Gasteiger partial charge in [0.2, 0.25) is 0 Å². The molecule has 2 rings (SSSR count). The molecule has 0 aliphatic heterocycles. The van der Waals surface area contributed by atoms with Gasteiger partial charge < -0.3 is 10.2 Å². The molecule has 0 spiro atoms. The maximum absolute atomic E-state index is 10.6. The van der Waals surface area contributed by atoms with Crippen LogP contribution in [0.15, 0.2) is 35.9 Å². The van der Waals surface area contributed by atoms with Gasteiger partial charge in [-0.15, -0.1) is 0 Å². The average molecular weight is 310 g/mol. The molecule has 0 saturated heterocycles. The molecule has 0 bridgehead atoms. The molecule has 2 aromatic rings. The molecule has 2 heteroatoms. The van der Waals surface area contributed by atoms with Crippen LogP contribution in [0.2, 0.25) is 0 Å². The maximum Gasteiger partial charge on any atom is 0.122 e. The van der Waals surface area contributed by atoms with Crippen molar-refractivity contribution >= 4 is 0 Å². The second-order valence-electron chi connectivity index (χ2n) is 6.51. The van der Waals surface area contributed by atoms with Crippen LogP contribution in [0.4, 0.5) is 0 Å². The average Bonchev–Trinajstić information content (AvgIpc) is 2.48. The topological polar surface area (TPSA) is 40.5 Å². The van der Waals surface area contributed by atoms with Crippen molar-refractivity contribution in [3.8, 4) is 11.5 Å². The van der Waals surface area contributed by atoms with Crippen molar-refractivity contribution in [3.05, 3.63) is 69.3 Å². The summed E-state index contributed by atoms with van der Waals surface area (Å²) in [6.07, 6.45) is 2.04. The Morgan fingerprint density at radius 2 is 1.22 bits per heavy atom. The van der Waals surface area contributed by atoms with Crippen molar-refractivity contribution in [2.45, 2.75) is 47.5 Å². The van der Waals surface area contributed by atoms with Gasteiger partial charge in [0.1, 0.15) is 11.5 Å². The van der Waals surface area contributed by atoms with E-state index in [9.17, 15) is 10.2 Å². The molecule has 122 valence electrons. The Morgan fingerprint density at radius 1 is 0.826 bits per heavy atom. The lowest BCUT2D eigenvalue weighted by Crippen LogP contribution is -2.06. The van der Waals surface area contributed by atoms with E-state index in [0.717, 1.165) is 39.0 Å². The predicted octanol–water partition coefficient (Wildman–Crippen LogP) is 5.43. The molecule has 0 atom stereocenters. The number of benzene rings is 2. The Balaban J connectivity index is 2.80. The first kappa shape index (κ1) is 17.1. The Kier molecular flexibility index (Phi) is 4.84. The summed E-state index contributed by atoms with van der Waals surface area (Å²) < 4.78 is 0. The molecule has 2 N–H and O–H groups in total. The standard InChI is InChI=1S/C21H26O2/c1-7-14(4)19(17-10-12(2)8-15(5)20(17)22)18-11-13(3)9-16(6)21(18)23/h7-11,19,22-23H,1-6H3. The van der Waals surface area contributed by atoms with E-state index >= 15 is 0 Å². The largest absolute Gasteiger partial charge is 0.507 e. The molecule has 0 aliphatic carbocycles. The van der Waals surface area contributed by atoms with Gasteiger partial charge in [-0.05, 0) is 52.7 Å². The van der Waals surface area contributed by atoms with Gasteiger partial charge in [-0.3, -0.25) is 0 Å². The summed E-state index contributed by atoms with van der Waals surface area (Å²) in [6, 6.07) is 7.97. The number of aryl methyl sites for hydroxylation is 4. The molecule has 0 heterocycles. The Bertz CT molecular complexity index is 712. The van der Waals surface area contributed by atoms with Crippen molar-refractivity contribution in [2.75, 3.05) is 0 Å². The molecule has 2 aromatic carbocycles. The van der Waals surface area contributed by atoms with Gasteiger partial charge >= 0.3 is 0 Å². The van der Waals surface area contributed by atoms with E-state index < -0.39 is 0 Å². The van der Waals surface area contributed by atoms with Crippen LogP contribution < -0.4 is 0 Å². The fourth-order valence-corrected chi connectivity index (χ4v) is 3.25. The van der Waals surface area contributed by atoms with Gasteiger partial charge in [-0.25, -0.2) is 0 Å². The van der Waals surface area contributed by atoms with Crippen LogP contribution in [-0.2, 0) is 0 Å². The summed E-state index contributed by atoms with van der Waals surface area (Å²) >= 11 is 0. The number of phenols is 2. The van der Waals surface area contributed by atoms with Gasteiger partial charge in [0.05, 0.1) is 0 Å². The Labute approximate surface area is 139 Å². The van der Waals surface area contributed by atoms with E-state index in [0.29, 0.717) is 11.5 Å². The van der Waals surface area contributed by atoms with E-state index in [2.05, 4.69) is 0 Å². The number of rotatable bonds is 3. The number of aromatic hydroxyl groups is 2. The van der Waals surface area contributed by atoms with Crippen LogP contribution in [0.5, 0.6) is 11.5 Å². The second kappa shape index (κ2) is 6.49. The number of allylic oxidation sites excluding steroid dienone is 2. The first-order valence-corrected chi connectivity index (χ1v) is 7.99. The minimum absolute atomic E-state index is 0.155. The number of phenolic OH excluding ortho intramolecular Hbond substituents is 2. The molecule has 23 heavy (non-hydrogen) atoms. The minimum Gasteiger partial charge on any atom is -0.507 e. The highest BCUT2D eigenvalue weighted by Gasteiger charge is 2.24. The van der Waals surface area contributed by atoms with Gasteiger partial charge in [0, 0.05) is 17.0 Å². The van der Waals surface area contributed by atoms with Gasteiger partial charge in [0.25, 0.3) is 0 Å². The molecule has 0 radical (unpaired) electrons. The number of hydrogen-bond donors (Lipinski definition) is 2. The molecule has 0 amide bonds. The Morgan fingerprint density at radius 3 is 1.57 bits per heavy atom. The van der Waals surface area contributed by atoms with Gasteiger partial charge in [-0.2, -0.15) is 0 Å². The van der Waals surface area contributed by atoms with Crippen LogP contribution >= 0.6 is 0 Å². The van der Waals surface area contributed by atoms with Crippen LogP contribution in [0.3, 0.4) is 0 Å². The van der Waals surface area contributed by atoms with Crippen molar-refractivity contribution in [2.24, 2.45) is 0 Å². The van der Waals surface area contributed by atoms with Gasteiger partial charge in [-0.1, -0.05) is 47.0 Å². The first-order valence-electron chi connectivity index (χ1n) is 7.99. The fourth-order valence-electron chi connectivity index (χ4n) is 3.25. The molecule has 2 nitrogen and oxygen atoms in total. The minimum atomic E-state index is -0.155. The summed E-state index contributed by atoms with van der Waals surface area (Å²) in [5.74, 6) is 0.456. The van der Waals surface area contributed by atoms with E-state index in [4.69, 9.17) is 0 Å². The van der Waals surface area contributed by atoms with Crippen LogP contribution in [0, 0.1) is 27.7 Å². The monoisotopic (exact) mass is 310 g/mol. The molecule has 0 fully saturated rings. The van der Waals surface area contributed by atoms with E-state index in [1.165, 1.54) is 0 Å². The lowest BCUT2D eigenvalue weighted by Gasteiger charge is -2.24. The molecule has 0 saturated carbocycles. The SMILES string of the molecule is CC=C(C)C(c1cc(C)cc(C)c1O)c1cc(C)cc(C)c1O. The highest BCUT2D eigenvalue weighted by atomic mass is 16.3. The fraction of sp³-hybridized carbons (Fsp3) is 0.333. The maximum atomic E-state index is 10.6. The van der Waals surface area contributed by atoms with Crippen molar-refractivity contribution < 1.29 is 10.2 Å². The zero-order valence-corrected chi connectivity index (χ0v) is 14.9. The lowest BCUT2D eigenvalue weighted by atomic mass is 9.81. The third kappa shape index (κ3) is 3.26. The number of hydrogen-bond acceptors (Lipinski definition) is 2. The predicted molar refractivity (Wildman–Crippen MR) is 96.4 cm³/mol. The molecule has 0 unspecified atom stereocenters. The van der Waals surface area contributed by atoms with Crippen molar-refractivity contribution in [1.82, 2.24) is 0 Å². The normalized spacial score (nSPS) is 12.0. The zero-order valence-electron chi connectivity index (χ0n) is 14.9. The summed E-state index contributed by atoms with van der Waals surface area (Å²) in [7, 11) is 0. The first-order chi connectivity index (χ1) is 10.8. The van der Waals surface area contributed by atoms with Crippen LogP contribution in [0.1, 0.15) is 53.1 Å².